The number of aryl methyl sites for hydroxylation is 1. The van der Waals surface area contributed by atoms with Gasteiger partial charge in [0, 0.05) is 18.7 Å². The summed E-state index contributed by atoms with van der Waals surface area (Å²) in [6.07, 6.45) is 4.79. The normalized spacial score (nSPS) is 14.3. The Hall–Kier alpha value is -2.04. The zero-order valence-corrected chi connectivity index (χ0v) is 12.5. The zero-order chi connectivity index (χ0) is 14.5. The Morgan fingerprint density at radius 2 is 2.00 bits per heavy atom. The highest BCUT2D eigenvalue weighted by Crippen LogP contribution is 2.18. The first kappa shape index (κ1) is 13.9. The first-order chi connectivity index (χ1) is 10.4. The van der Waals surface area contributed by atoms with Crippen molar-refractivity contribution in [1.82, 2.24) is 14.8 Å². The molecule has 1 aromatic carbocycles. The van der Waals surface area contributed by atoms with Crippen LogP contribution in [0.15, 0.2) is 24.3 Å². The molecule has 0 saturated heterocycles. The van der Waals surface area contributed by atoms with Crippen LogP contribution in [0.5, 0.6) is 5.75 Å². The van der Waals surface area contributed by atoms with Crippen molar-refractivity contribution < 1.29 is 4.74 Å². The van der Waals surface area contributed by atoms with Crippen LogP contribution in [-0.4, -0.2) is 21.4 Å². The van der Waals surface area contributed by atoms with Gasteiger partial charge in [-0.1, -0.05) is 6.42 Å². The van der Waals surface area contributed by atoms with Gasteiger partial charge in [0.2, 0.25) is 0 Å². The molecule has 0 unspecified atom stereocenters. The monoisotopic (exact) mass is 286 g/mol. The Morgan fingerprint density at radius 1 is 1.14 bits per heavy atom. The van der Waals surface area contributed by atoms with Gasteiger partial charge in [-0.2, -0.15) is 0 Å². The van der Waals surface area contributed by atoms with E-state index in [2.05, 4.69) is 20.1 Å². The summed E-state index contributed by atoms with van der Waals surface area (Å²) < 4.78 is 7.72. The molecule has 2 aromatic rings. The largest absolute Gasteiger partial charge is 0.494 e. The van der Waals surface area contributed by atoms with E-state index in [-0.39, 0.29) is 0 Å². The average Bonchev–Trinajstić information content (AvgIpc) is 2.74. The maximum absolute atomic E-state index is 5.45. The fraction of sp³-hybridized carbons (Fsp3) is 0.500. The van der Waals surface area contributed by atoms with Crippen LogP contribution >= 0.6 is 0 Å². The number of hydrogen-bond donors (Lipinski definition) is 1. The van der Waals surface area contributed by atoms with E-state index in [4.69, 9.17) is 4.74 Å². The molecule has 21 heavy (non-hydrogen) atoms. The van der Waals surface area contributed by atoms with E-state index in [1.165, 1.54) is 19.3 Å². The third-order valence-corrected chi connectivity index (χ3v) is 3.80. The molecule has 0 bridgehead atoms. The van der Waals surface area contributed by atoms with E-state index in [0.717, 1.165) is 36.1 Å². The minimum Gasteiger partial charge on any atom is -0.494 e. The van der Waals surface area contributed by atoms with Crippen LogP contribution in [-0.2, 0) is 19.5 Å². The maximum atomic E-state index is 5.45. The smallest absolute Gasteiger partial charge is 0.152 e. The Morgan fingerprint density at radius 3 is 2.81 bits per heavy atom. The summed E-state index contributed by atoms with van der Waals surface area (Å²) in [5.41, 5.74) is 1.07. The third kappa shape index (κ3) is 3.35. The molecular formula is C16H22N4O. The molecule has 0 radical (unpaired) electrons. The number of hydrogen-bond acceptors (Lipinski definition) is 4. The predicted octanol–water partition coefficient (Wildman–Crippen LogP) is 3.02. The topological polar surface area (TPSA) is 52.0 Å². The first-order valence-corrected chi connectivity index (χ1v) is 7.74. The van der Waals surface area contributed by atoms with Crippen LogP contribution in [0.2, 0.25) is 0 Å². The molecule has 0 spiro atoms. The number of anilines is 1. The molecule has 0 amide bonds. The van der Waals surface area contributed by atoms with Gasteiger partial charge in [0.25, 0.3) is 0 Å². The van der Waals surface area contributed by atoms with Gasteiger partial charge in [-0.15, -0.1) is 10.2 Å². The minimum absolute atomic E-state index is 0.693. The van der Waals surface area contributed by atoms with Crippen molar-refractivity contribution in [3.05, 3.63) is 35.9 Å². The van der Waals surface area contributed by atoms with E-state index in [1.54, 1.807) is 0 Å². The molecule has 5 heteroatoms. The van der Waals surface area contributed by atoms with Crippen molar-refractivity contribution in [2.75, 3.05) is 11.9 Å². The van der Waals surface area contributed by atoms with E-state index in [9.17, 15) is 0 Å². The molecule has 1 aliphatic rings. The van der Waals surface area contributed by atoms with E-state index in [0.29, 0.717) is 13.2 Å². The third-order valence-electron chi connectivity index (χ3n) is 3.80. The van der Waals surface area contributed by atoms with Crippen molar-refractivity contribution >= 4 is 5.69 Å². The molecule has 0 fully saturated rings. The van der Waals surface area contributed by atoms with Gasteiger partial charge < -0.3 is 14.6 Å². The van der Waals surface area contributed by atoms with Crippen LogP contribution in [0.4, 0.5) is 5.69 Å². The Balaban J connectivity index is 1.63. The fourth-order valence-electron chi connectivity index (χ4n) is 2.69. The SMILES string of the molecule is CCOc1ccc(NCc2nnc3n2CCCCC3)cc1. The van der Waals surface area contributed by atoms with Gasteiger partial charge in [-0.25, -0.2) is 0 Å². The first-order valence-electron chi connectivity index (χ1n) is 7.74. The Labute approximate surface area is 125 Å². The van der Waals surface area contributed by atoms with Gasteiger partial charge >= 0.3 is 0 Å². The summed E-state index contributed by atoms with van der Waals surface area (Å²) in [5, 5.41) is 12.1. The molecule has 0 aliphatic carbocycles. The number of benzene rings is 1. The van der Waals surface area contributed by atoms with Gasteiger partial charge in [-0.3, -0.25) is 0 Å². The molecule has 0 saturated carbocycles. The highest BCUT2D eigenvalue weighted by Gasteiger charge is 2.14. The molecule has 112 valence electrons. The van der Waals surface area contributed by atoms with Crippen molar-refractivity contribution in [2.45, 2.75) is 45.7 Å². The second-order valence-corrected chi connectivity index (χ2v) is 5.31. The van der Waals surface area contributed by atoms with Crippen molar-refractivity contribution in [3.63, 3.8) is 0 Å². The Kier molecular flexibility index (Phi) is 4.38. The molecule has 3 rings (SSSR count). The molecule has 0 atom stereocenters. The van der Waals surface area contributed by atoms with Crippen LogP contribution in [0, 0.1) is 0 Å². The fourth-order valence-corrected chi connectivity index (χ4v) is 2.69. The summed E-state index contributed by atoms with van der Waals surface area (Å²) in [6.45, 7) is 4.44. The number of nitrogens with one attached hydrogen (secondary N) is 1. The number of nitrogens with zero attached hydrogens (tertiary/aromatic N) is 3. The van der Waals surface area contributed by atoms with E-state index >= 15 is 0 Å². The standard InChI is InChI=1S/C16H22N4O/c1-2-21-14-9-7-13(8-10-14)17-12-16-19-18-15-6-4-3-5-11-20(15)16/h7-10,17H,2-6,11-12H2,1H3. The lowest BCUT2D eigenvalue weighted by Crippen LogP contribution is -2.10. The second kappa shape index (κ2) is 6.61. The number of ether oxygens (including phenoxy) is 1. The highest BCUT2D eigenvalue weighted by molar-refractivity contribution is 5.46. The number of rotatable bonds is 5. The second-order valence-electron chi connectivity index (χ2n) is 5.31. The van der Waals surface area contributed by atoms with Crippen LogP contribution < -0.4 is 10.1 Å². The van der Waals surface area contributed by atoms with Gasteiger partial charge in [0.15, 0.2) is 5.82 Å². The zero-order valence-electron chi connectivity index (χ0n) is 12.5. The molecule has 1 N–H and O–H groups in total. The lowest BCUT2D eigenvalue weighted by molar-refractivity contribution is 0.340. The molecule has 1 aromatic heterocycles. The van der Waals surface area contributed by atoms with Gasteiger partial charge in [0.05, 0.1) is 13.2 Å². The number of aromatic nitrogens is 3. The summed E-state index contributed by atoms with van der Waals surface area (Å²) >= 11 is 0. The summed E-state index contributed by atoms with van der Waals surface area (Å²) in [4.78, 5) is 0. The quantitative estimate of drug-likeness (QED) is 0.918. The van der Waals surface area contributed by atoms with E-state index in [1.807, 2.05) is 31.2 Å². The van der Waals surface area contributed by atoms with E-state index < -0.39 is 0 Å². The van der Waals surface area contributed by atoms with Crippen LogP contribution in [0.25, 0.3) is 0 Å². The van der Waals surface area contributed by atoms with Crippen LogP contribution in [0.3, 0.4) is 0 Å². The van der Waals surface area contributed by atoms with Crippen LogP contribution in [0.1, 0.15) is 37.8 Å². The number of fused-ring (bicyclic) bond motifs is 1. The predicted molar refractivity (Wildman–Crippen MR) is 82.5 cm³/mol. The molecular weight excluding hydrogens is 264 g/mol. The molecule has 2 heterocycles. The van der Waals surface area contributed by atoms with Crippen molar-refractivity contribution in [1.29, 1.82) is 0 Å². The highest BCUT2D eigenvalue weighted by atomic mass is 16.5. The van der Waals surface area contributed by atoms with Gasteiger partial charge in [-0.05, 0) is 44.0 Å². The lowest BCUT2D eigenvalue weighted by Gasteiger charge is -2.09. The summed E-state index contributed by atoms with van der Waals surface area (Å²) in [6, 6.07) is 8.03. The van der Waals surface area contributed by atoms with Gasteiger partial charge in [0.1, 0.15) is 11.6 Å². The molecule has 5 nitrogen and oxygen atoms in total. The summed E-state index contributed by atoms with van der Waals surface area (Å²) in [5.74, 6) is 3.07. The summed E-state index contributed by atoms with van der Waals surface area (Å²) in [7, 11) is 0. The van der Waals surface area contributed by atoms with Crippen molar-refractivity contribution in [2.24, 2.45) is 0 Å². The lowest BCUT2D eigenvalue weighted by atomic mass is 10.2. The van der Waals surface area contributed by atoms with Crippen molar-refractivity contribution in [3.8, 4) is 5.75 Å². The minimum atomic E-state index is 0.693. The average molecular weight is 286 g/mol. The molecule has 1 aliphatic heterocycles. The maximum Gasteiger partial charge on any atom is 0.152 e. The Bertz CT molecular complexity index is 576.